The highest BCUT2D eigenvalue weighted by Gasteiger charge is 2.15. The minimum Gasteiger partial charge on any atom is -0.394 e. The molecule has 1 rings (SSSR count). The zero-order chi connectivity index (χ0) is 12.1. The largest absolute Gasteiger partial charge is 0.394 e. The second-order valence-electron chi connectivity index (χ2n) is 3.66. The van der Waals surface area contributed by atoms with Gasteiger partial charge in [-0.1, -0.05) is 0 Å². The topological polar surface area (TPSA) is 58.6 Å². The van der Waals surface area contributed by atoms with Crippen LogP contribution < -0.4 is 5.32 Å². The van der Waals surface area contributed by atoms with Crippen LogP contribution in [0.1, 0.15) is 20.1 Å². The Hall–Kier alpha value is -0.910. The Balaban J connectivity index is 2.64. The van der Waals surface area contributed by atoms with E-state index in [0.717, 1.165) is 10.4 Å². The van der Waals surface area contributed by atoms with Crippen molar-refractivity contribution in [3.8, 4) is 0 Å². The van der Waals surface area contributed by atoms with Crippen molar-refractivity contribution in [2.75, 3.05) is 20.3 Å². The molecule has 90 valence electrons. The summed E-state index contributed by atoms with van der Waals surface area (Å²) in [7, 11) is 1.54. The summed E-state index contributed by atoms with van der Waals surface area (Å²) in [6.45, 7) is 4.14. The van der Waals surface area contributed by atoms with Crippen LogP contribution in [0.15, 0.2) is 6.07 Å². The molecule has 0 fully saturated rings. The minimum absolute atomic E-state index is 0.122. The minimum atomic E-state index is -0.347. The maximum absolute atomic E-state index is 11.8. The highest BCUT2D eigenvalue weighted by atomic mass is 32.1. The Kier molecular flexibility index (Phi) is 4.92. The fourth-order valence-corrected chi connectivity index (χ4v) is 2.22. The Morgan fingerprint density at radius 1 is 1.62 bits per heavy atom. The number of aliphatic hydroxyl groups is 1. The molecule has 5 heteroatoms. The molecule has 0 saturated heterocycles. The van der Waals surface area contributed by atoms with Crippen LogP contribution in [-0.2, 0) is 4.74 Å². The first kappa shape index (κ1) is 13.2. The van der Waals surface area contributed by atoms with Gasteiger partial charge in [-0.15, -0.1) is 11.3 Å². The molecule has 1 unspecified atom stereocenters. The summed E-state index contributed by atoms with van der Waals surface area (Å²) >= 11 is 1.46. The van der Waals surface area contributed by atoms with Gasteiger partial charge in [0, 0.05) is 12.0 Å². The van der Waals surface area contributed by atoms with E-state index in [1.807, 2.05) is 19.9 Å². The summed E-state index contributed by atoms with van der Waals surface area (Å²) in [4.78, 5) is 13.6. The highest BCUT2D eigenvalue weighted by molar-refractivity contribution is 7.14. The molecule has 0 aliphatic heterocycles. The fourth-order valence-electron chi connectivity index (χ4n) is 1.28. The van der Waals surface area contributed by atoms with Gasteiger partial charge in [-0.3, -0.25) is 4.79 Å². The third-order valence-corrected chi connectivity index (χ3v) is 3.46. The molecule has 0 saturated carbocycles. The molecule has 1 heterocycles. The number of carbonyl (C=O) groups excluding carboxylic acids is 1. The third kappa shape index (κ3) is 3.30. The molecular weight excluding hydrogens is 226 g/mol. The number of aryl methyl sites for hydroxylation is 2. The predicted molar refractivity (Wildman–Crippen MR) is 64.0 cm³/mol. The van der Waals surface area contributed by atoms with Crippen molar-refractivity contribution in [2.24, 2.45) is 0 Å². The van der Waals surface area contributed by atoms with Crippen LogP contribution in [0.3, 0.4) is 0 Å². The van der Waals surface area contributed by atoms with Gasteiger partial charge in [0.1, 0.15) is 0 Å². The molecule has 1 atom stereocenters. The van der Waals surface area contributed by atoms with E-state index in [1.165, 1.54) is 18.4 Å². The van der Waals surface area contributed by atoms with Crippen LogP contribution in [0.4, 0.5) is 0 Å². The molecule has 0 radical (unpaired) electrons. The van der Waals surface area contributed by atoms with Gasteiger partial charge in [0.05, 0.1) is 24.1 Å². The van der Waals surface area contributed by atoms with Crippen LogP contribution in [0.2, 0.25) is 0 Å². The van der Waals surface area contributed by atoms with Gasteiger partial charge in [0.2, 0.25) is 0 Å². The van der Waals surface area contributed by atoms with Crippen molar-refractivity contribution in [3.05, 3.63) is 21.4 Å². The van der Waals surface area contributed by atoms with E-state index in [1.54, 1.807) is 0 Å². The number of amides is 1. The number of nitrogens with one attached hydrogen (secondary N) is 1. The molecule has 0 spiro atoms. The predicted octanol–water partition coefficient (Wildman–Crippen LogP) is 1.10. The zero-order valence-electron chi connectivity index (χ0n) is 9.74. The van der Waals surface area contributed by atoms with E-state index in [0.29, 0.717) is 11.5 Å². The maximum atomic E-state index is 11.8. The lowest BCUT2D eigenvalue weighted by Crippen LogP contribution is -2.40. The maximum Gasteiger partial charge on any atom is 0.261 e. The Morgan fingerprint density at radius 2 is 2.31 bits per heavy atom. The normalized spacial score (nSPS) is 12.5. The van der Waals surface area contributed by atoms with Gasteiger partial charge in [0.15, 0.2) is 0 Å². The lowest BCUT2D eigenvalue weighted by Gasteiger charge is -2.14. The first-order valence-corrected chi connectivity index (χ1v) is 5.87. The van der Waals surface area contributed by atoms with Crippen molar-refractivity contribution in [1.29, 1.82) is 0 Å². The number of ether oxygens (including phenoxy) is 1. The van der Waals surface area contributed by atoms with Gasteiger partial charge in [-0.05, 0) is 25.5 Å². The number of aliphatic hydroxyl groups excluding tert-OH is 1. The molecule has 1 aromatic heterocycles. The average Bonchev–Trinajstić information content (AvgIpc) is 2.58. The van der Waals surface area contributed by atoms with Crippen molar-refractivity contribution in [1.82, 2.24) is 5.32 Å². The van der Waals surface area contributed by atoms with E-state index < -0.39 is 0 Å². The Labute approximate surface area is 99.2 Å². The summed E-state index contributed by atoms with van der Waals surface area (Å²) in [5, 5.41) is 11.7. The number of thiophene rings is 1. The fraction of sp³-hybridized carbons (Fsp3) is 0.545. The summed E-state index contributed by atoms with van der Waals surface area (Å²) in [6.07, 6.45) is 0. The summed E-state index contributed by atoms with van der Waals surface area (Å²) < 4.78 is 4.89. The number of rotatable bonds is 5. The van der Waals surface area contributed by atoms with Crippen molar-refractivity contribution < 1.29 is 14.6 Å². The zero-order valence-corrected chi connectivity index (χ0v) is 10.6. The molecule has 16 heavy (non-hydrogen) atoms. The van der Waals surface area contributed by atoms with Crippen LogP contribution >= 0.6 is 11.3 Å². The first-order chi connectivity index (χ1) is 7.58. The Morgan fingerprint density at radius 3 is 2.75 bits per heavy atom. The van der Waals surface area contributed by atoms with Crippen LogP contribution in [-0.4, -0.2) is 37.4 Å². The standard InChI is InChI=1S/C11H17NO3S/c1-7-4-10(16-8(7)2)11(14)12-9(5-13)6-15-3/h4,9,13H,5-6H2,1-3H3,(H,12,14). The molecule has 2 N–H and O–H groups in total. The summed E-state index contributed by atoms with van der Waals surface area (Å²) in [5.41, 5.74) is 1.11. The highest BCUT2D eigenvalue weighted by Crippen LogP contribution is 2.20. The molecule has 1 amide bonds. The van der Waals surface area contributed by atoms with Gasteiger partial charge < -0.3 is 15.2 Å². The molecule has 0 bridgehead atoms. The van der Waals surface area contributed by atoms with E-state index in [4.69, 9.17) is 9.84 Å². The van der Waals surface area contributed by atoms with Crippen molar-refractivity contribution >= 4 is 17.2 Å². The number of carbonyl (C=O) groups is 1. The van der Waals surface area contributed by atoms with Gasteiger partial charge >= 0.3 is 0 Å². The second kappa shape index (κ2) is 5.98. The number of methoxy groups -OCH3 is 1. The van der Waals surface area contributed by atoms with Crippen LogP contribution in [0.5, 0.6) is 0 Å². The molecule has 1 aromatic rings. The molecule has 4 nitrogen and oxygen atoms in total. The average molecular weight is 243 g/mol. The van der Waals surface area contributed by atoms with Gasteiger partial charge in [-0.2, -0.15) is 0 Å². The molecule has 0 aliphatic rings. The molecular formula is C11H17NO3S. The van der Waals surface area contributed by atoms with Crippen LogP contribution in [0.25, 0.3) is 0 Å². The summed E-state index contributed by atoms with van der Waals surface area (Å²) in [5.74, 6) is -0.155. The monoisotopic (exact) mass is 243 g/mol. The Bertz CT molecular complexity index is 343. The van der Waals surface area contributed by atoms with E-state index in [-0.39, 0.29) is 18.6 Å². The lowest BCUT2D eigenvalue weighted by molar-refractivity contribution is 0.0843. The molecule has 0 aromatic carbocycles. The number of hydrogen-bond donors (Lipinski definition) is 2. The SMILES string of the molecule is COCC(CO)NC(=O)c1cc(C)c(C)s1. The summed E-state index contributed by atoms with van der Waals surface area (Å²) in [6, 6.07) is 1.51. The number of hydrogen-bond acceptors (Lipinski definition) is 4. The van der Waals surface area contributed by atoms with Crippen LogP contribution in [0, 0.1) is 13.8 Å². The van der Waals surface area contributed by atoms with E-state index in [9.17, 15) is 4.79 Å². The lowest BCUT2D eigenvalue weighted by atomic mass is 10.2. The molecule has 0 aliphatic carbocycles. The van der Waals surface area contributed by atoms with Crippen molar-refractivity contribution in [3.63, 3.8) is 0 Å². The van der Waals surface area contributed by atoms with E-state index >= 15 is 0 Å². The van der Waals surface area contributed by atoms with Gasteiger partial charge in [0.25, 0.3) is 5.91 Å². The van der Waals surface area contributed by atoms with E-state index in [2.05, 4.69) is 5.32 Å². The third-order valence-electron chi connectivity index (χ3n) is 2.31. The quantitative estimate of drug-likeness (QED) is 0.814. The van der Waals surface area contributed by atoms with Gasteiger partial charge in [-0.25, -0.2) is 0 Å². The first-order valence-electron chi connectivity index (χ1n) is 5.06. The van der Waals surface area contributed by atoms with Crippen molar-refractivity contribution in [2.45, 2.75) is 19.9 Å². The smallest absolute Gasteiger partial charge is 0.261 e. The second-order valence-corrected chi connectivity index (χ2v) is 4.91.